The van der Waals surface area contributed by atoms with Gasteiger partial charge in [0, 0.05) is 12.6 Å². The van der Waals surface area contributed by atoms with Crippen molar-refractivity contribution in [1.82, 2.24) is 4.98 Å². The minimum Gasteiger partial charge on any atom is -0.370 e. The fourth-order valence-corrected chi connectivity index (χ4v) is 1.70. The van der Waals surface area contributed by atoms with E-state index in [2.05, 4.69) is 16.6 Å². The highest BCUT2D eigenvalue weighted by Crippen LogP contribution is 2.17. The van der Waals surface area contributed by atoms with Gasteiger partial charge >= 0.3 is 0 Å². The Balaban J connectivity index is 2.57. The van der Waals surface area contributed by atoms with Crippen LogP contribution in [-0.2, 0) is 0 Å². The molecule has 0 bridgehead atoms. The van der Waals surface area contributed by atoms with E-state index in [1.165, 1.54) is 12.3 Å². The van der Waals surface area contributed by atoms with Gasteiger partial charge in [-0.3, -0.25) is 10.1 Å². The molecule has 0 saturated carbocycles. The molecule has 0 unspecified atom stereocenters. The summed E-state index contributed by atoms with van der Waals surface area (Å²) in [4.78, 5) is 14.1. The predicted octanol–water partition coefficient (Wildman–Crippen LogP) is 2.46. The molecular weight excluding hydrogens is 226 g/mol. The molecule has 5 nitrogen and oxygen atoms in total. The second-order valence-electron chi connectivity index (χ2n) is 3.39. The van der Waals surface area contributed by atoms with E-state index in [4.69, 9.17) is 0 Å². The number of anilines is 1. The van der Waals surface area contributed by atoms with Gasteiger partial charge in [0.1, 0.15) is 12.0 Å². The lowest BCUT2D eigenvalue weighted by molar-refractivity contribution is -0.385. The summed E-state index contributed by atoms with van der Waals surface area (Å²) in [6.45, 7) is 2.66. The fraction of sp³-hybridized carbons (Fsp3) is 0.500. The molecular formula is C10H15N3O2S. The number of thioether (sulfide) groups is 1. The van der Waals surface area contributed by atoms with Gasteiger partial charge in [-0.25, -0.2) is 4.98 Å². The third-order valence-corrected chi connectivity index (χ3v) is 2.79. The van der Waals surface area contributed by atoms with Crippen LogP contribution in [0.1, 0.15) is 12.0 Å². The van der Waals surface area contributed by atoms with Gasteiger partial charge in [-0.1, -0.05) is 0 Å². The summed E-state index contributed by atoms with van der Waals surface area (Å²) in [6, 6.07) is 1.53. The smallest absolute Gasteiger partial charge is 0.287 e. The van der Waals surface area contributed by atoms with E-state index in [1.54, 1.807) is 11.8 Å². The first kappa shape index (κ1) is 12.8. The normalized spacial score (nSPS) is 10.1. The summed E-state index contributed by atoms with van der Waals surface area (Å²) in [5.41, 5.74) is 0.838. The first-order valence-corrected chi connectivity index (χ1v) is 6.38. The van der Waals surface area contributed by atoms with Crippen molar-refractivity contribution in [3.63, 3.8) is 0 Å². The third kappa shape index (κ3) is 3.69. The van der Waals surface area contributed by atoms with Crippen LogP contribution in [-0.4, -0.2) is 28.5 Å². The van der Waals surface area contributed by atoms with Crippen molar-refractivity contribution in [2.24, 2.45) is 0 Å². The highest BCUT2D eigenvalue weighted by molar-refractivity contribution is 7.98. The molecule has 1 rings (SSSR count). The van der Waals surface area contributed by atoms with Crippen LogP contribution in [0.5, 0.6) is 0 Å². The molecule has 0 aromatic carbocycles. The summed E-state index contributed by atoms with van der Waals surface area (Å²) < 4.78 is 0. The summed E-state index contributed by atoms with van der Waals surface area (Å²) >= 11 is 1.80. The summed E-state index contributed by atoms with van der Waals surface area (Å²) in [5.74, 6) is 1.82. The number of hydrogen-bond donors (Lipinski definition) is 1. The van der Waals surface area contributed by atoms with Gasteiger partial charge in [0.25, 0.3) is 5.69 Å². The van der Waals surface area contributed by atoms with Gasteiger partial charge in [-0.15, -0.1) is 0 Å². The molecule has 0 radical (unpaired) electrons. The maximum Gasteiger partial charge on any atom is 0.287 e. The Labute approximate surface area is 98.8 Å². The van der Waals surface area contributed by atoms with Crippen LogP contribution >= 0.6 is 11.8 Å². The maximum absolute atomic E-state index is 10.5. The maximum atomic E-state index is 10.5. The first-order valence-electron chi connectivity index (χ1n) is 4.99. The van der Waals surface area contributed by atoms with Crippen molar-refractivity contribution in [2.75, 3.05) is 23.9 Å². The van der Waals surface area contributed by atoms with Crippen LogP contribution in [0.2, 0.25) is 0 Å². The van der Waals surface area contributed by atoms with Crippen LogP contribution in [0.4, 0.5) is 11.5 Å². The second kappa shape index (κ2) is 6.32. The highest BCUT2D eigenvalue weighted by atomic mass is 32.2. The lowest BCUT2D eigenvalue weighted by atomic mass is 10.2. The number of pyridine rings is 1. The van der Waals surface area contributed by atoms with Gasteiger partial charge in [0.2, 0.25) is 0 Å². The molecule has 0 aliphatic heterocycles. The van der Waals surface area contributed by atoms with Crippen LogP contribution in [0.15, 0.2) is 12.3 Å². The average Bonchev–Trinajstić information content (AvgIpc) is 2.26. The Hall–Kier alpha value is -1.30. The number of aryl methyl sites for hydroxylation is 1. The average molecular weight is 241 g/mol. The SMILES string of the molecule is CSCCCNc1ncc([N+](=O)[O-])cc1C. The molecule has 1 aromatic rings. The van der Waals surface area contributed by atoms with Crippen molar-refractivity contribution in [3.05, 3.63) is 27.9 Å². The molecule has 1 N–H and O–H groups in total. The molecule has 16 heavy (non-hydrogen) atoms. The van der Waals surface area contributed by atoms with E-state index in [-0.39, 0.29) is 5.69 Å². The molecule has 0 amide bonds. The molecule has 88 valence electrons. The van der Waals surface area contributed by atoms with Crippen molar-refractivity contribution >= 4 is 23.3 Å². The number of nitrogens with one attached hydrogen (secondary N) is 1. The van der Waals surface area contributed by atoms with Gasteiger partial charge < -0.3 is 5.32 Å². The fourth-order valence-electron chi connectivity index (χ4n) is 1.27. The molecule has 6 heteroatoms. The standard InChI is InChI=1S/C10H15N3O2S/c1-8-6-9(13(14)15)7-12-10(8)11-4-3-5-16-2/h6-7H,3-5H2,1-2H3,(H,11,12). The monoisotopic (exact) mass is 241 g/mol. The Kier molecular flexibility index (Phi) is 5.04. The number of rotatable bonds is 6. The predicted molar refractivity (Wildman–Crippen MR) is 67.1 cm³/mol. The van der Waals surface area contributed by atoms with Gasteiger partial charge in [0.15, 0.2) is 0 Å². The number of nitrogens with zero attached hydrogens (tertiary/aromatic N) is 2. The number of aromatic nitrogens is 1. The number of nitro groups is 1. The van der Waals surface area contributed by atoms with Gasteiger partial charge in [-0.05, 0) is 30.9 Å². The Morgan fingerprint density at radius 2 is 2.38 bits per heavy atom. The Morgan fingerprint density at radius 3 is 2.94 bits per heavy atom. The van der Waals surface area contributed by atoms with Crippen molar-refractivity contribution in [3.8, 4) is 0 Å². The molecule has 0 aliphatic rings. The molecule has 1 aromatic heterocycles. The molecule has 0 saturated heterocycles. The Morgan fingerprint density at radius 1 is 1.62 bits per heavy atom. The van der Waals surface area contributed by atoms with Gasteiger partial charge in [0.05, 0.1) is 4.92 Å². The van der Waals surface area contributed by atoms with Crippen LogP contribution in [0, 0.1) is 17.0 Å². The van der Waals surface area contributed by atoms with E-state index in [1.807, 2.05) is 6.92 Å². The van der Waals surface area contributed by atoms with Crippen LogP contribution in [0.25, 0.3) is 0 Å². The summed E-state index contributed by atoms with van der Waals surface area (Å²) in [7, 11) is 0. The summed E-state index contributed by atoms with van der Waals surface area (Å²) in [6.07, 6.45) is 4.40. The minimum absolute atomic E-state index is 0.0344. The lowest BCUT2D eigenvalue weighted by Crippen LogP contribution is -2.06. The van der Waals surface area contributed by atoms with Gasteiger partial charge in [-0.2, -0.15) is 11.8 Å². The van der Waals surface area contributed by atoms with E-state index in [9.17, 15) is 10.1 Å². The Bertz CT molecular complexity index is 371. The molecule has 1 heterocycles. The quantitative estimate of drug-likeness (QED) is 0.470. The first-order chi connectivity index (χ1) is 7.65. The van der Waals surface area contributed by atoms with Crippen molar-refractivity contribution in [1.29, 1.82) is 0 Å². The highest BCUT2D eigenvalue weighted by Gasteiger charge is 2.08. The van der Waals surface area contributed by atoms with E-state index in [0.29, 0.717) is 0 Å². The molecule has 0 fully saturated rings. The second-order valence-corrected chi connectivity index (χ2v) is 4.37. The zero-order chi connectivity index (χ0) is 12.0. The van der Waals surface area contributed by atoms with Crippen molar-refractivity contribution in [2.45, 2.75) is 13.3 Å². The molecule has 0 atom stereocenters. The number of hydrogen-bond acceptors (Lipinski definition) is 5. The van der Waals surface area contributed by atoms with E-state index < -0.39 is 4.92 Å². The minimum atomic E-state index is -0.433. The largest absolute Gasteiger partial charge is 0.370 e. The van der Waals surface area contributed by atoms with Crippen LogP contribution < -0.4 is 5.32 Å². The molecule has 0 aliphatic carbocycles. The van der Waals surface area contributed by atoms with E-state index >= 15 is 0 Å². The topological polar surface area (TPSA) is 68.1 Å². The lowest BCUT2D eigenvalue weighted by Gasteiger charge is -2.07. The third-order valence-electron chi connectivity index (χ3n) is 2.09. The summed E-state index contributed by atoms with van der Waals surface area (Å²) in [5, 5.41) is 13.7. The van der Waals surface area contributed by atoms with Crippen LogP contribution in [0.3, 0.4) is 0 Å². The van der Waals surface area contributed by atoms with Crippen molar-refractivity contribution < 1.29 is 4.92 Å². The van der Waals surface area contributed by atoms with E-state index in [0.717, 1.165) is 30.1 Å². The zero-order valence-electron chi connectivity index (χ0n) is 9.40. The zero-order valence-corrected chi connectivity index (χ0v) is 10.2. The molecule has 0 spiro atoms.